The molecule has 0 amide bonds. The van der Waals surface area contributed by atoms with Gasteiger partial charge in [-0.1, -0.05) is 13.0 Å². The van der Waals surface area contributed by atoms with Crippen molar-refractivity contribution < 1.29 is 4.42 Å². The van der Waals surface area contributed by atoms with E-state index in [1.54, 1.807) is 21.8 Å². The lowest BCUT2D eigenvalue weighted by atomic mass is 10.0. The first-order valence-electron chi connectivity index (χ1n) is 11.5. The van der Waals surface area contributed by atoms with Crippen LogP contribution >= 0.6 is 0 Å². The lowest BCUT2D eigenvalue weighted by Gasteiger charge is -2.18. The molecule has 4 heterocycles. The summed E-state index contributed by atoms with van der Waals surface area (Å²) >= 11 is 0. The van der Waals surface area contributed by atoms with E-state index in [1.165, 1.54) is 11.1 Å². The number of oxazole rings is 1. The molecule has 3 aromatic heterocycles. The van der Waals surface area contributed by atoms with Gasteiger partial charge in [0.05, 0.1) is 5.69 Å². The Bertz CT molecular complexity index is 1420. The SMILES string of the molecule is CC(C)n1c(=O)c2cnc(Nc3ccc4c(c3)CNCC4)nc2n1-c1nc(C2(C)CC2)co1. The number of benzene rings is 1. The number of nitrogens with one attached hydrogen (secondary N) is 2. The van der Waals surface area contributed by atoms with Crippen molar-refractivity contribution in [3.63, 3.8) is 0 Å². The standard InChI is InChI=1S/C24H27N7O2/c1-14(2)30-21(32)18-12-26-22(27-17-5-4-15-6-9-25-11-16(15)10-17)29-20(18)31(30)23-28-19(13-33-23)24(3)7-8-24/h4-5,10,12-14,25H,6-9,11H2,1-3H3,(H,26,27,29). The maximum absolute atomic E-state index is 13.2. The Labute approximate surface area is 190 Å². The highest BCUT2D eigenvalue weighted by Gasteiger charge is 2.42. The minimum absolute atomic E-state index is 0.0661. The summed E-state index contributed by atoms with van der Waals surface area (Å²) in [6.45, 7) is 7.95. The van der Waals surface area contributed by atoms with Crippen molar-refractivity contribution in [2.75, 3.05) is 11.9 Å². The molecule has 9 nitrogen and oxygen atoms in total. The number of hydrogen-bond acceptors (Lipinski definition) is 7. The van der Waals surface area contributed by atoms with Crippen LogP contribution in [0.5, 0.6) is 0 Å². The smallest absolute Gasteiger partial charge is 0.323 e. The lowest BCUT2D eigenvalue weighted by molar-refractivity contribution is 0.417. The van der Waals surface area contributed by atoms with Gasteiger partial charge in [-0.3, -0.25) is 4.79 Å². The Morgan fingerprint density at radius 3 is 2.85 bits per heavy atom. The molecule has 2 N–H and O–H groups in total. The van der Waals surface area contributed by atoms with E-state index in [2.05, 4.69) is 34.7 Å². The zero-order chi connectivity index (χ0) is 22.7. The summed E-state index contributed by atoms with van der Waals surface area (Å²) in [5.74, 6) is 0.418. The molecule has 9 heteroatoms. The highest BCUT2D eigenvalue weighted by atomic mass is 16.4. The third kappa shape index (κ3) is 3.34. The lowest BCUT2D eigenvalue weighted by Crippen LogP contribution is -2.24. The fraction of sp³-hybridized carbons (Fsp3) is 0.417. The van der Waals surface area contributed by atoms with Crippen LogP contribution in [-0.4, -0.2) is 30.9 Å². The second-order valence-electron chi connectivity index (χ2n) is 9.60. The summed E-state index contributed by atoms with van der Waals surface area (Å²) in [7, 11) is 0. The molecule has 2 aliphatic rings. The maximum Gasteiger partial charge on any atom is 0.323 e. The van der Waals surface area contributed by atoms with E-state index in [-0.39, 0.29) is 17.0 Å². The van der Waals surface area contributed by atoms with E-state index in [4.69, 9.17) is 14.4 Å². The highest BCUT2D eigenvalue weighted by molar-refractivity contribution is 5.76. The normalized spacial score (nSPS) is 16.8. The van der Waals surface area contributed by atoms with Gasteiger partial charge in [-0.05, 0) is 62.9 Å². The Balaban J connectivity index is 1.44. The molecule has 4 aromatic rings. The van der Waals surface area contributed by atoms with Gasteiger partial charge in [-0.25, -0.2) is 9.67 Å². The van der Waals surface area contributed by atoms with Crippen LogP contribution in [0.25, 0.3) is 17.0 Å². The molecule has 0 radical (unpaired) electrons. The molecule has 170 valence electrons. The van der Waals surface area contributed by atoms with Crippen molar-refractivity contribution in [3.8, 4) is 6.01 Å². The molecule has 0 spiro atoms. The molecule has 0 atom stereocenters. The fourth-order valence-corrected chi connectivity index (χ4v) is 4.48. The van der Waals surface area contributed by atoms with E-state index < -0.39 is 0 Å². The first-order chi connectivity index (χ1) is 15.9. The molecular weight excluding hydrogens is 418 g/mol. The number of nitrogens with zero attached hydrogens (tertiary/aromatic N) is 5. The molecule has 6 rings (SSSR count). The van der Waals surface area contributed by atoms with Gasteiger partial charge in [0.15, 0.2) is 5.65 Å². The van der Waals surface area contributed by atoms with Crippen LogP contribution in [0.3, 0.4) is 0 Å². The van der Waals surface area contributed by atoms with Gasteiger partial charge in [-0.2, -0.15) is 14.6 Å². The first-order valence-corrected chi connectivity index (χ1v) is 11.5. The molecular formula is C24H27N7O2. The van der Waals surface area contributed by atoms with E-state index in [9.17, 15) is 4.79 Å². The van der Waals surface area contributed by atoms with Gasteiger partial charge in [-0.15, -0.1) is 0 Å². The summed E-state index contributed by atoms with van der Waals surface area (Å²) in [6, 6.07) is 6.56. The Morgan fingerprint density at radius 1 is 1.21 bits per heavy atom. The largest absolute Gasteiger partial charge is 0.430 e. The van der Waals surface area contributed by atoms with Crippen molar-refractivity contribution in [2.45, 2.75) is 58.0 Å². The van der Waals surface area contributed by atoms with Crippen LogP contribution in [0.15, 0.2) is 39.9 Å². The summed E-state index contributed by atoms with van der Waals surface area (Å²) in [5.41, 5.74) is 4.84. The quantitative estimate of drug-likeness (QED) is 0.484. The zero-order valence-corrected chi connectivity index (χ0v) is 19.1. The molecule has 1 saturated carbocycles. The van der Waals surface area contributed by atoms with E-state index in [0.29, 0.717) is 23.0 Å². The Morgan fingerprint density at radius 2 is 2.06 bits per heavy atom. The van der Waals surface area contributed by atoms with E-state index >= 15 is 0 Å². The van der Waals surface area contributed by atoms with Crippen molar-refractivity contribution in [1.82, 2.24) is 29.6 Å². The molecule has 1 aliphatic carbocycles. The van der Waals surface area contributed by atoms with Gasteiger partial charge < -0.3 is 15.1 Å². The number of fused-ring (bicyclic) bond motifs is 2. The second-order valence-corrected chi connectivity index (χ2v) is 9.60. The monoisotopic (exact) mass is 445 g/mol. The average molecular weight is 446 g/mol. The molecule has 0 saturated heterocycles. The minimum atomic E-state index is -0.163. The third-order valence-electron chi connectivity index (χ3n) is 6.75. The van der Waals surface area contributed by atoms with Crippen LogP contribution in [0.1, 0.15) is 56.5 Å². The highest BCUT2D eigenvalue weighted by Crippen LogP contribution is 2.47. The first kappa shape index (κ1) is 20.2. The molecule has 0 bridgehead atoms. The molecule has 1 aliphatic heterocycles. The molecule has 1 fully saturated rings. The predicted molar refractivity (Wildman–Crippen MR) is 125 cm³/mol. The number of aromatic nitrogens is 5. The minimum Gasteiger partial charge on any atom is -0.430 e. The van der Waals surface area contributed by atoms with Crippen LogP contribution in [0.4, 0.5) is 11.6 Å². The molecule has 1 aromatic carbocycles. The predicted octanol–water partition coefficient (Wildman–Crippen LogP) is 3.59. The zero-order valence-electron chi connectivity index (χ0n) is 19.1. The Kier molecular flexibility index (Phi) is 4.45. The summed E-state index contributed by atoms with van der Waals surface area (Å²) in [6.07, 6.45) is 6.49. The average Bonchev–Trinajstić information content (AvgIpc) is 3.25. The summed E-state index contributed by atoms with van der Waals surface area (Å²) < 4.78 is 9.16. The van der Waals surface area contributed by atoms with Crippen LogP contribution < -0.4 is 16.2 Å². The van der Waals surface area contributed by atoms with Crippen molar-refractivity contribution in [1.29, 1.82) is 0 Å². The van der Waals surface area contributed by atoms with Crippen LogP contribution in [-0.2, 0) is 18.4 Å². The molecule has 0 unspecified atom stereocenters. The topological polar surface area (TPSA) is 103 Å². The third-order valence-corrected chi connectivity index (χ3v) is 6.75. The van der Waals surface area contributed by atoms with Crippen LogP contribution in [0.2, 0.25) is 0 Å². The van der Waals surface area contributed by atoms with Gasteiger partial charge in [0.2, 0.25) is 5.95 Å². The number of hydrogen-bond donors (Lipinski definition) is 2. The molecule has 33 heavy (non-hydrogen) atoms. The van der Waals surface area contributed by atoms with E-state index in [0.717, 1.165) is 43.7 Å². The van der Waals surface area contributed by atoms with Crippen molar-refractivity contribution in [3.05, 3.63) is 57.8 Å². The van der Waals surface area contributed by atoms with Gasteiger partial charge in [0.25, 0.3) is 5.56 Å². The number of anilines is 2. The maximum atomic E-state index is 13.2. The fourth-order valence-electron chi connectivity index (χ4n) is 4.48. The van der Waals surface area contributed by atoms with Crippen LogP contribution in [0, 0.1) is 0 Å². The van der Waals surface area contributed by atoms with Crippen molar-refractivity contribution >= 4 is 22.7 Å². The summed E-state index contributed by atoms with van der Waals surface area (Å²) in [5, 5.41) is 7.13. The number of rotatable bonds is 5. The van der Waals surface area contributed by atoms with E-state index in [1.807, 2.05) is 19.9 Å². The summed E-state index contributed by atoms with van der Waals surface area (Å²) in [4.78, 5) is 27.0. The van der Waals surface area contributed by atoms with Crippen molar-refractivity contribution in [2.24, 2.45) is 0 Å². The second kappa shape index (κ2) is 7.28. The van der Waals surface area contributed by atoms with Gasteiger partial charge in [0, 0.05) is 29.9 Å². The van der Waals surface area contributed by atoms with Gasteiger partial charge >= 0.3 is 6.01 Å². The Hall–Kier alpha value is -3.46. The van der Waals surface area contributed by atoms with Gasteiger partial charge in [0.1, 0.15) is 11.6 Å².